The molecule has 1 unspecified atom stereocenters. The van der Waals surface area contributed by atoms with Gasteiger partial charge in [-0.15, -0.1) is 0 Å². The number of para-hydroxylation sites is 1. The fourth-order valence-corrected chi connectivity index (χ4v) is 4.36. The third-order valence-electron chi connectivity index (χ3n) is 5.58. The van der Waals surface area contributed by atoms with Gasteiger partial charge < -0.3 is 10.5 Å². The van der Waals surface area contributed by atoms with Crippen molar-refractivity contribution in [2.45, 2.75) is 32.3 Å². The third kappa shape index (κ3) is 2.88. The highest BCUT2D eigenvalue weighted by Gasteiger charge is 2.55. The molecule has 3 atom stereocenters. The Morgan fingerprint density at radius 3 is 2.50 bits per heavy atom. The number of nitrogens with two attached hydrogens (primary N) is 1. The van der Waals surface area contributed by atoms with Gasteiger partial charge in [-0.1, -0.05) is 31.2 Å². The van der Waals surface area contributed by atoms with Gasteiger partial charge in [0.2, 0.25) is 0 Å². The van der Waals surface area contributed by atoms with E-state index in [1.54, 1.807) is 18.2 Å². The molecule has 2 aliphatic carbocycles. The number of rotatable bonds is 3. The van der Waals surface area contributed by atoms with E-state index < -0.39 is 17.9 Å². The van der Waals surface area contributed by atoms with Crippen LogP contribution in [0.1, 0.15) is 31.2 Å². The summed E-state index contributed by atoms with van der Waals surface area (Å²) in [6, 6.07) is 12.2. The molecule has 3 rings (SSSR count). The Morgan fingerprint density at radius 1 is 1.21 bits per heavy atom. The fourth-order valence-electron chi connectivity index (χ4n) is 4.36. The number of hydrogen-bond acceptors (Lipinski definition) is 5. The van der Waals surface area contributed by atoms with Crippen molar-refractivity contribution in [3.05, 3.63) is 52.7 Å². The number of benzene rings is 1. The first-order valence-electron chi connectivity index (χ1n) is 8.86. The van der Waals surface area contributed by atoms with Crippen LogP contribution in [-0.4, -0.2) is 6.61 Å². The first-order chi connectivity index (χ1) is 13.4. The summed E-state index contributed by atoms with van der Waals surface area (Å²) in [6.07, 6.45) is 3.24. The van der Waals surface area contributed by atoms with Crippen molar-refractivity contribution < 1.29 is 13.5 Å². The van der Waals surface area contributed by atoms with Crippen LogP contribution >= 0.6 is 0 Å². The van der Waals surface area contributed by atoms with Gasteiger partial charge in [0.15, 0.2) is 5.41 Å². The number of fused-ring (bicyclic) bond motifs is 1. The summed E-state index contributed by atoms with van der Waals surface area (Å²) in [5, 5.41) is 29.6. The van der Waals surface area contributed by atoms with Crippen LogP contribution in [0, 0.1) is 51.2 Å². The lowest BCUT2D eigenvalue weighted by atomic mass is 9.56. The second kappa shape index (κ2) is 7.33. The SMILES string of the molecule is CC1CC=C2C(C#N)=C(N)C(C#N)(C#N)[C@H](c3ccccc3OC(F)F)[C@H]2C1. The molecule has 5 nitrogen and oxygen atoms in total. The zero-order valence-corrected chi connectivity index (χ0v) is 15.2. The maximum atomic E-state index is 13.0. The van der Waals surface area contributed by atoms with E-state index in [2.05, 4.69) is 4.74 Å². The molecule has 0 fully saturated rings. The zero-order valence-electron chi connectivity index (χ0n) is 15.2. The van der Waals surface area contributed by atoms with Crippen molar-refractivity contribution in [3.8, 4) is 24.0 Å². The Hall–Kier alpha value is -3.37. The third-order valence-corrected chi connectivity index (χ3v) is 5.58. The molecule has 28 heavy (non-hydrogen) atoms. The van der Waals surface area contributed by atoms with Crippen molar-refractivity contribution in [2.24, 2.45) is 23.0 Å². The van der Waals surface area contributed by atoms with Crippen molar-refractivity contribution in [1.82, 2.24) is 0 Å². The van der Waals surface area contributed by atoms with E-state index in [9.17, 15) is 24.6 Å². The Balaban J connectivity index is 2.33. The monoisotopic (exact) mass is 380 g/mol. The fraction of sp³-hybridized carbons (Fsp3) is 0.381. The molecule has 0 saturated heterocycles. The molecule has 1 aromatic rings. The highest BCUT2D eigenvalue weighted by Crippen LogP contribution is 2.57. The molecule has 142 valence electrons. The smallest absolute Gasteiger partial charge is 0.387 e. The average Bonchev–Trinajstić information content (AvgIpc) is 2.68. The van der Waals surface area contributed by atoms with E-state index in [4.69, 9.17) is 5.73 Å². The van der Waals surface area contributed by atoms with Crippen LogP contribution < -0.4 is 10.5 Å². The first kappa shape index (κ1) is 19.4. The van der Waals surface area contributed by atoms with Gasteiger partial charge in [-0.05, 0) is 36.3 Å². The summed E-state index contributed by atoms with van der Waals surface area (Å²) >= 11 is 0. The maximum absolute atomic E-state index is 13.0. The normalized spacial score (nSPS) is 25.8. The van der Waals surface area contributed by atoms with Crippen LogP contribution in [-0.2, 0) is 0 Å². The Labute approximate surface area is 161 Å². The summed E-state index contributed by atoms with van der Waals surface area (Å²) in [7, 11) is 0. The lowest BCUT2D eigenvalue weighted by Gasteiger charge is -2.44. The zero-order chi connectivity index (χ0) is 20.5. The number of hydrogen-bond donors (Lipinski definition) is 1. The lowest BCUT2D eigenvalue weighted by molar-refractivity contribution is -0.0509. The molecule has 0 aliphatic heterocycles. The second-order valence-corrected chi connectivity index (χ2v) is 7.17. The van der Waals surface area contributed by atoms with Crippen molar-refractivity contribution in [3.63, 3.8) is 0 Å². The summed E-state index contributed by atoms with van der Waals surface area (Å²) in [5.41, 5.74) is 5.34. The molecule has 0 heterocycles. The van der Waals surface area contributed by atoms with Crippen LogP contribution in [0.2, 0.25) is 0 Å². The highest BCUT2D eigenvalue weighted by atomic mass is 19.3. The molecule has 2 N–H and O–H groups in total. The molecular weight excluding hydrogens is 362 g/mol. The minimum atomic E-state index is -3.05. The number of nitrogens with zero attached hydrogens (tertiary/aromatic N) is 3. The number of nitriles is 3. The van der Waals surface area contributed by atoms with E-state index in [1.807, 2.05) is 31.2 Å². The Bertz CT molecular complexity index is 963. The predicted octanol–water partition coefficient (Wildman–Crippen LogP) is 4.13. The van der Waals surface area contributed by atoms with Gasteiger partial charge in [-0.3, -0.25) is 0 Å². The number of alkyl halides is 2. The summed E-state index contributed by atoms with van der Waals surface area (Å²) in [6.45, 7) is -1.02. The van der Waals surface area contributed by atoms with Crippen molar-refractivity contribution in [2.75, 3.05) is 0 Å². The molecule has 0 spiro atoms. The molecule has 1 aromatic carbocycles. The van der Waals surface area contributed by atoms with Crippen LogP contribution in [0.15, 0.2) is 47.2 Å². The van der Waals surface area contributed by atoms with Gasteiger partial charge in [-0.25, -0.2) is 0 Å². The predicted molar refractivity (Wildman–Crippen MR) is 96.3 cm³/mol. The van der Waals surface area contributed by atoms with Gasteiger partial charge in [0.05, 0.1) is 23.4 Å². The minimum Gasteiger partial charge on any atom is -0.435 e. The second-order valence-electron chi connectivity index (χ2n) is 7.17. The molecule has 0 bridgehead atoms. The Morgan fingerprint density at radius 2 is 1.89 bits per heavy atom. The number of allylic oxidation sites excluding steroid dienone is 4. The lowest BCUT2D eigenvalue weighted by Crippen LogP contribution is -2.43. The standard InChI is InChI=1S/C21H18F2N4O/c1-12-6-7-13-15(8-12)18(14-4-2-3-5-17(14)28-20(22)23)21(10-25,11-26)19(27)16(13)9-24/h2-5,7,12,15,18,20H,6,8,27H2,1H3/t12?,15-,18+/m0/s1. The van der Waals surface area contributed by atoms with Crippen molar-refractivity contribution in [1.29, 1.82) is 15.8 Å². The van der Waals surface area contributed by atoms with Crippen LogP contribution in [0.3, 0.4) is 0 Å². The maximum Gasteiger partial charge on any atom is 0.387 e. The van der Waals surface area contributed by atoms with Gasteiger partial charge in [0.1, 0.15) is 11.8 Å². The van der Waals surface area contributed by atoms with Gasteiger partial charge >= 0.3 is 6.61 Å². The van der Waals surface area contributed by atoms with E-state index >= 15 is 0 Å². The summed E-state index contributed by atoms with van der Waals surface area (Å²) in [4.78, 5) is 0. The van der Waals surface area contributed by atoms with E-state index in [-0.39, 0.29) is 28.9 Å². The number of ether oxygens (including phenoxy) is 1. The topological polar surface area (TPSA) is 107 Å². The molecule has 0 aromatic heterocycles. The van der Waals surface area contributed by atoms with Gasteiger partial charge in [0.25, 0.3) is 0 Å². The first-order valence-corrected chi connectivity index (χ1v) is 8.86. The Kier molecular flexibility index (Phi) is 5.08. The molecule has 0 amide bonds. The molecule has 2 aliphatic rings. The highest BCUT2D eigenvalue weighted by molar-refractivity contribution is 5.60. The van der Waals surface area contributed by atoms with E-state index in [1.165, 1.54) is 6.07 Å². The summed E-state index contributed by atoms with van der Waals surface area (Å²) < 4.78 is 30.6. The quantitative estimate of drug-likeness (QED) is 0.848. The van der Waals surface area contributed by atoms with Crippen LogP contribution in [0.25, 0.3) is 0 Å². The van der Waals surface area contributed by atoms with Gasteiger partial charge in [-0.2, -0.15) is 24.6 Å². The van der Waals surface area contributed by atoms with Crippen molar-refractivity contribution >= 4 is 0 Å². The number of halogens is 2. The molecule has 0 radical (unpaired) electrons. The van der Waals surface area contributed by atoms with Crippen LogP contribution in [0.5, 0.6) is 5.75 Å². The molecule has 7 heteroatoms. The average molecular weight is 380 g/mol. The summed E-state index contributed by atoms with van der Waals surface area (Å²) in [5.74, 6) is -1.06. The van der Waals surface area contributed by atoms with E-state index in [0.29, 0.717) is 17.6 Å². The molecular formula is C21H18F2N4O. The largest absolute Gasteiger partial charge is 0.435 e. The van der Waals surface area contributed by atoms with E-state index in [0.717, 1.165) is 6.42 Å². The minimum absolute atomic E-state index is 0.0943. The molecule has 0 saturated carbocycles. The van der Waals surface area contributed by atoms with Gasteiger partial charge in [0, 0.05) is 11.5 Å². The van der Waals surface area contributed by atoms with Crippen LogP contribution in [0.4, 0.5) is 8.78 Å².